The lowest BCUT2D eigenvalue weighted by molar-refractivity contribution is -0.151. The van der Waals surface area contributed by atoms with E-state index in [1.807, 2.05) is 5.06 Å². The summed E-state index contributed by atoms with van der Waals surface area (Å²) in [7, 11) is 0. The molecule has 1 heterocycles. The SMILES string of the molecule is Cc1ccc(C2N=C(N)ON2C(C)(C)C)cc1. The Kier molecular flexibility index (Phi) is 2.83. The molecule has 2 rings (SSSR count). The monoisotopic (exact) mass is 233 g/mol. The third-order valence-corrected chi connectivity index (χ3v) is 2.70. The predicted molar refractivity (Wildman–Crippen MR) is 68.2 cm³/mol. The van der Waals surface area contributed by atoms with Gasteiger partial charge in [0.15, 0.2) is 6.17 Å². The average molecular weight is 233 g/mol. The summed E-state index contributed by atoms with van der Waals surface area (Å²) in [6.07, 6.45) is -0.157. The maximum atomic E-state index is 5.67. The van der Waals surface area contributed by atoms with Crippen LogP contribution in [0.3, 0.4) is 0 Å². The number of hydrogen-bond donors (Lipinski definition) is 1. The molecule has 1 aromatic carbocycles. The van der Waals surface area contributed by atoms with Gasteiger partial charge in [-0.05, 0) is 33.3 Å². The molecule has 1 aliphatic rings. The van der Waals surface area contributed by atoms with Crippen molar-refractivity contribution in [3.8, 4) is 0 Å². The van der Waals surface area contributed by atoms with Crippen LogP contribution in [0.25, 0.3) is 0 Å². The van der Waals surface area contributed by atoms with E-state index in [1.165, 1.54) is 5.56 Å². The molecule has 0 fully saturated rings. The van der Waals surface area contributed by atoms with Crippen LogP contribution in [0.1, 0.15) is 38.1 Å². The Bertz CT molecular complexity index is 431. The summed E-state index contributed by atoms with van der Waals surface area (Å²) in [4.78, 5) is 9.82. The second kappa shape index (κ2) is 4.04. The zero-order chi connectivity index (χ0) is 12.6. The van der Waals surface area contributed by atoms with Crippen LogP contribution in [-0.4, -0.2) is 16.6 Å². The van der Waals surface area contributed by atoms with E-state index >= 15 is 0 Å². The number of amidine groups is 1. The van der Waals surface area contributed by atoms with Crippen molar-refractivity contribution in [2.45, 2.75) is 39.4 Å². The van der Waals surface area contributed by atoms with Gasteiger partial charge in [0.25, 0.3) is 0 Å². The highest BCUT2D eigenvalue weighted by atomic mass is 16.7. The van der Waals surface area contributed by atoms with Crippen LogP contribution in [-0.2, 0) is 4.84 Å². The number of aryl methyl sites for hydroxylation is 1. The van der Waals surface area contributed by atoms with Crippen molar-refractivity contribution in [1.82, 2.24) is 5.06 Å². The topological polar surface area (TPSA) is 50.9 Å². The first-order valence-corrected chi connectivity index (χ1v) is 5.75. The third-order valence-electron chi connectivity index (χ3n) is 2.70. The van der Waals surface area contributed by atoms with Gasteiger partial charge >= 0.3 is 6.02 Å². The van der Waals surface area contributed by atoms with E-state index in [-0.39, 0.29) is 17.7 Å². The van der Waals surface area contributed by atoms with Crippen molar-refractivity contribution in [2.24, 2.45) is 10.7 Å². The minimum absolute atomic E-state index is 0.153. The Morgan fingerprint density at radius 2 is 1.82 bits per heavy atom. The summed E-state index contributed by atoms with van der Waals surface area (Å²) in [6.45, 7) is 8.28. The number of nitrogens with zero attached hydrogens (tertiary/aromatic N) is 2. The number of nitrogens with two attached hydrogens (primary N) is 1. The van der Waals surface area contributed by atoms with Crippen molar-refractivity contribution < 1.29 is 4.84 Å². The maximum absolute atomic E-state index is 5.67. The van der Waals surface area contributed by atoms with Gasteiger partial charge in [0.1, 0.15) is 0 Å². The van der Waals surface area contributed by atoms with Crippen LogP contribution < -0.4 is 5.73 Å². The molecular weight excluding hydrogens is 214 g/mol. The van der Waals surface area contributed by atoms with Crippen molar-refractivity contribution in [2.75, 3.05) is 0 Å². The van der Waals surface area contributed by atoms with Crippen LogP contribution >= 0.6 is 0 Å². The standard InChI is InChI=1S/C13H19N3O/c1-9-5-7-10(8-6-9)11-15-12(14)17-16(11)13(2,3)4/h5-8,11H,1-4H3,(H2,14,15). The molecule has 0 aromatic heterocycles. The first-order valence-electron chi connectivity index (χ1n) is 5.75. The molecule has 4 nitrogen and oxygen atoms in total. The van der Waals surface area contributed by atoms with Gasteiger partial charge in [0, 0.05) is 0 Å². The van der Waals surface area contributed by atoms with Crippen LogP contribution in [0.5, 0.6) is 0 Å². The van der Waals surface area contributed by atoms with E-state index in [0.29, 0.717) is 0 Å². The minimum atomic E-state index is -0.157. The molecule has 92 valence electrons. The van der Waals surface area contributed by atoms with Crippen molar-refractivity contribution in [1.29, 1.82) is 0 Å². The zero-order valence-corrected chi connectivity index (χ0v) is 10.8. The Hall–Kier alpha value is -1.55. The molecule has 0 saturated heterocycles. The Morgan fingerprint density at radius 3 is 2.35 bits per heavy atom. The normalized spacial score (nSPS) is 21.2. The Labute approximate surface area is 102 Å². The molecule has 0 spiro atoms. The van der Waals surface area contributed by atoms with Crippen molar-refractivity contribution in [3.63, 3.8) is 0 Å². The third kappa shape index (κ3) is 2.42. The molecule has 1 unspecified atom stereocenters. The van der Waals surface area contributed by atoms with Crippen molar-refractivity contribution >= 4 is 6.02 Å². The highest BCUT2D eigenvalue weighted by Crippen LogP contribution is 2.33. The number of rotatable bonds is 1. The van der Waals surface area contributed by atoms with E-state index in [9.17, 15) is 0 Å². The second-order valence-corrected chi connectivity index (χ2v) is 5.34. The highest BCUT2D eigenvalue weighted by Gasteiger charge is 2.37. The summed E-state index contributed by atoms with van der Waals surface area (Å²) in [6, 6.07) is 8.49. The van der Waals surface area contributed by atoms with E-state index < -0.39 is 0 Å². The average Bonchev–Trinajstić information content (AvgIpc) is 2.61. The Balaban J connectivity index is 2.32. The molecule has 2 N–H and O–H groups in total. The van der Waals surface area contributed by atoms with Gasteiger partial charge in [0.2, 0.25) is 0 Å². The summed E-state index contributed by atoms with van der Waals surface area (Å²) < 4.78 is 0. The lowest BCUT2D eigenvalue weighted by Crippen LogP contribution is -2.41. The summed E-state index contributed by atoms with van der Waals surface area (Å²) in [5.74, 6) is 0. The number of hydrogen-bond acceptors (Lipinski definition) is 4. The lowest BCUT2D eigenvalue weighted by Gasteiger charge is -2.33. The zero-order valence-electron chi connectivity index (χ0n) is 10.8. The first kappa shape index (κ1) is 11.9. The van der Waals surface area contributed by atoms with Gasteiger partial charge in [-0.2, -0.15) is 0 Å². The quantitative estimate of drug-likeness (QED) is 0.810. The molecule has 0 aliphatic carbocycles. The molecule has 4 heteroatoms. The van der Waals surface area contributed by atoms with Crippen LogP contribution in [0.4, 0.5) is 0 Å². The van der Waals surface area contributed by atoms with Gasteiger partial charge in [-0.1, -0.05) is 29.8 Å². The van der Waals surface area contributed by atoms with Gasteiger partial charge in [-0.25, -0.2) is 4.99 Å². The summed E-state index contributed by atoms with van der Waals surface area (Å²) in [5.41, 5.74) is 7.83. The van der Waals surface area contributed by atoms with Crippen LogP contribution in [0.2, 0.25) is 0 Å². The molecule has 0 radical (unpaired) electrons. The molecule has 0 bridgehead atoms. The van der Waals surface area contributed by atoms with Gasteiger partial charge in [0.05, 0.1) is 5.54 Å². The largest absolute Gasteiger partial charge is 0.365 e. The van der Waals surface area contributed by atoms with Crippen molar-refractivity contribution in [3.05, 3.63) is 35.4 Å². The van der Waals surface area contributed by atoms with Gasteiger partial charge in [-0.15, -0.1) is 5.06 Å². The fourth-order valence-corrected chi connectivity index (χ4v) is 1.80. The maximum Gasteiger partial charge on any atom is 0.304 e. The summed E-state index contributed by atoms with van der Waals surface area (Å²) in [5, 5.41) is 1.83. The molecule has 1 atom stereocenters. The Morgan fingerprint density at radius 1 is 1.24 bits per heavy atom. The molecule has 1 aliphatic heterocycles. The van der Waals surface area contributed by atoms with E-state index in [0.717, 1.165) is 5.56 Å². The molecule has 1 aromatic rings. The smallest absolute Gasteiger partial charge is 0.304 e. The van der Waals surface area contributed by atoms with E-state index in [2.05, 4.69) is 57.0 Å². The van der Waals surface area contributed by atoms with Gasteiger partial charge in [-0.3, -0.25) is 0 Å². The summed E-state index contributed by atoms with van der Waals surface area (Å²) >= 11 is 0. The molecule has 0 amide bonds. The molecular formula is C13H19N3O. The molecule has 17 heavy (non-hydrogen) atoms. The second-order valence-electron chi connectivity index (χ2n) is 5.34. The van der Waals surface area contributed by atoms with Gasteiger partial charge < -0.3 is 10.6 Å². The van der Waals surface area contributed by atoms with Crippen LogP contribution in [0.15, 0.2) is 29.3 Å². The lowest BCUT2D eigenvalue weighted by atomic mass is 10.0. The fraction of sp³-hybridized carbons (Fsp3) is 0.462. The minimum Gasteiger partial charge on any atom is -0.365 e. The first-order chi connectivity index (χ1) is 7.88. The van der Waals surface area contributed by atoms with Crippen LogP contribution in [0, 0.1) is 6.92 Å². The van der Waals surface area contributed by atoms with E-state index in [4.69, 9.17) is 10.6 Å². The highest BCUT2D eigenvalue weighted by molar-refractivity contribution is 5.72. The number of benzene rings is 1. The molecule has 0 saturated carbocycles. The number of aliphatic imine (C=N–C) groups is 1. The van der Waals surface area contributed by atoms with E-state index in [1.54, 1.807) is 0 Å². The fourth-order valence-electron chi connectivity index (χ4n) is 1.80. The predicted octanol–water partition coefficient (Wildman–Crippen LogP) is 2.35. The number of hydroxylamine groups is 2.